The van der Waals surface area contributed by atoms with Crippen LogP contribution >= 0.6 is 11.8 Å². The van der Waals surface area contributed by atoms with Crippen LogP contribution in [-0.2, 0) is 11.3 Å². The summed E-state index contributed by atoms with van der Waals surface area (Å²) < 4.78 is 13.7. The second-order valence-electron chi connectivity index (χ2n) is 5.24. The third kappa shape index (κ3) is 3.33. The number of nitrogens with one attached hydrogen (secondary N) is 1. The van der Waals surface area contributed by atoms with Crippen molar-refractivity contribution in [3.05, 3.63) is 71.2 Å². The maximum atomic E-state index is 13.7. The summed E-state index contributed by atoms with van der Waals surface area (Å²) >= 11 is 1.62. The fourth-order valence-electron chi connectivity index (χ4n) is 2.38. The minimum atomic E-state index is -0.546. The molecular formula is C18H15FN2O2S. The van der Waals surface area contributed by atoms with Crippen LogP contribution in [0.25, 0.3) is 6.08 Å². The molecule has 24 heavy (non-hydrogen) atoms. The summed E-state index contributed by atoms with van der Waals surface area (Å²) in [5, 5.41) is 2.54. The van der Waals surface area contributed by atoms with Gasteiger partial charge in [-0.1, -0.05) is 30.3 Å². The number of hydrogen-bond donors (Lipinski definition) is 1. The summed E-state index contributed by atoms with van der Waals surface area (Å²) in [6.45, 7) is -0.0971. The van der Waals surface area contributed by atoms with Gasteiger partial charge in [-0.3, -0.25) is 9.69 Å². The summed E-state index contributed by atoms with van der Waals surface area (Å²) in [7, 11) is 0. The van der Waals surface area contributed by atoms with Crippen LogP contribution in [0.4, 0.5) is 9.18 Å². The summed E-state index contributed by atoms with van der Waals surface area (Å²) in [4.78, 5) is 26.5. The molecular weight excluding hydrogens is 327 g/mol. The molecule has 2 aromatic rings. The van der Waals surface area contributed by atoms with Crippen LogP contribution in [0.15, 0.2) is 59.1 Å². The largest absolute Gasteiger partial charge is 0.329 e. The second kappa shape index (κ2) is 6.88. The molecule has 0 atom stereocenters. The van der Waals surface area contributed by atoms with E-state index in [1.54, 1.807) is 36.0 Å². The zero-order chi connectivity index (χ0) is 17.1. The highest BCUT2D eigenvalue weighted by atomic mass is 32.2. The first-order chi connectivity index (χ1) is 11.6. The number of rotatable bonds is 4. The molecule has 0 radical (unpaired) electrons. The quantitative estimate of drug-likeness (QED) is 0.524. The zero-order valence-corrected chi connectivity index (χ0v) is 13.8. The molecule has 1 N–H and O–H groups in total. The molecule has 0 bridgehead atoms. The van der Waals surface area contributed by atoms with E-state index < -0.39 is 17.8 Å². The number of nitrogens with zero attached hydrogens (tertiary/aromatic N) is 1. The molecule has 2 aromatic carbocycles. The lowest BCUT2D eigenvalue weighted by molar-refractivity contribution is -0.123. The Kier molecular flexibility index (Phi) is 4.66. The molecule has 3 rings (SSSR count). The molecule has 4 nitrogen and oxygen atoms in total. The Morgan fingerprint density at radius 3 is 2.50 bits per heavy atom. The lowest BCUT2D eigenvalue weighted by Gasteiger charge is -2.12. The van der Waals surface area contributed by atoms with Crippen molar-refractivity contribution in [2.75, 3.05) is 6.26 Å². The highest BCUT2D eigenvalue weighted by Crippen LogP contribution is 2.20. The molecule has 0 aliphatic carbocycles. The number of carbonyl (C=O) groups excluding carboxylic acids is 2. The number of imide groups is 1. The minimum absolute atomic E-state index is 0.0971. The fourth-order valence-corrected chi connectivity index (χ4v) is 2.79. The Bertz CT molecular complexity index is 818. The molecule has 3 amide bonds. The Morgan fingerprint density at radius 1 is 1.12 bits per heavy atom. The van der Waals surface area contributed by atoms with Crippen molar-refractivity contribution in [2.24, 2.45) is 0 Å². The Hall–Kier alpha value is -2.60. The maximum absolute atomic E-state index is 13.7. The van der Waals surface area contributed by atoms with Crippen LogP contribution in [0.1, 0.15) is 11.1 Å². The van der Waals surface area contributed by atoms with Gasteiger partial charge in [0.25, 0.3) is 5.91 Å². The lowest BCUT2D eigenvalue weighted by atomic mass is 10.2. The van der Waals surface area contributed by atoms with Crippen LogP contribution < -0.4 is 5.32 Å². The minimum Gasteiger partial charge on any atom is -0.303 e. The van der Waals surface area contributed by atoms with Crippen molar-refractivity contribution in [1.29, 1.82) is 0 Å². The third-order valence-corrected chi connectivity index (χ3v) is 4.42. The molecule has 1 aliphatic heterocycles. The first-order valence-corrected chi connectivity index (χ1v) is 8.53. The van der Waals surface area contributed by atoms with Gasteiger partial charge in [0.1, 0.15) is 11.5 Å². The molecule has 122 valence electrons. The van der Waals surface area contributed by atoms with Crippen LogP contribution in [0.3, 0.4) is 0 Å². The molecule has 1 aliphatic rings. The van der Waals surface area contributed by atoms with Crippen molar-refractivity contribution in [1.82, 2.24) is 10.2 Å². The average molecular weight is 342 g/mol. The molecule has 0 aromatic heterocycles. The summed E-state index contributed by atoms with van der Waals surface area (Å²) in [6.07, 6.45) is 3.60. The van der Waals surface area contributed by atoms with Crippen molar-refractivity contribution in [3.63, 3.8) is 0 Å². The van der Waals surface area contributed by atoms with Crippen molar-refractivity contribution >= 4 is 29.8 Å². The zero-order valence-electron chi connectivity index (χ0n) is 13.0. The molecule has 6 heteroatoms. The SMILES string of the molecule is CSc1ccc(/C=C2/NC(=O)N(Cc3ccccc3F)C2=O)cc1. The van der Waals surface area contributed by atoms with Crippen LogP contribution in [0.5, 0.6) is 0 Å². The monoisotopic (exact) mass is 342 g/mol. The topological polar surface area (TPSA) is 49.4 Å². The molecule has 0 spiro atoms. The van der Waals surface area contributed by atoms with E-state index >= 15 is 0 Å². The molecule has 0 saturated carbocycles. The molecule has 0 unspecified atom stereocenters. The van der Waals surface area contributed by atoms with Crippen molar-refractivity contribution in [2.45, 2.75) is 11.4 Å². The van der Waals surface area contributed by atoms with Gasteiger partial charge in [-0.05, 0) is 36.1 Å². The number of carbonyl (C=O) groups is 2. The predicted octanol–water partition coefficient (Wildman–Crippen LogP) is 3.64. The number of urea groups is 1. The standard InChI is InChI=1S/C18H15FN2O2S/c1-24-14-8-6-12(7-9-14)10-16-17(22)21(18(23)20-16)11-13-4-2-3-5-15(13)19/h2-10H,11H2,1H3,(H,20,23)/b16-10+. The molecule has 1 fully saturated rings. The van der Waals surface area contributed by atoms with Gasteiger partial charge in [0.15, 0.2) is 0 Å². The van der Waals surface area contributed by atoms with Gasteiger partial charge >= 0.3 is 6.03 Å². The van der Waals surface area contributed by atoms with E-state index in [1.165, 1.54) is 6.07 Å². The van der Waals surface area contributed by atoms with E-state index in [1.807, 2.05) is 30.5 Å². The van der Waals surface area contributed by atoms with Gasteiger partial charge in [-0.25, -0.2) is 9.18 Å². The summed E-state index contributed by atoms with van der Waals surface area (Å²) in [5.41, 5.74) is 1.30. The van der Waals surface area contributed by atoms with E-state index in [4.69, 9.17) is 0 Å². The highest BCUT2D eigenvalue weighted by molar-refractivity contribution is 7.98. The van der Waals surface area contributed by atoms with E-state index in [0.717, 1.165) is 15.4 Å². The number of halogens is 1. The van der Waals surface area contributed by atoms with E-state index in [9.17, 15) is 14.0 Å². The maximum Gasteiger partial charge on any atom is 0.329 e. The number of hydrogen-bond acceptors (Lipinski definition) is 3. The van der Waals surface area contributed by atoms with Crippen molar-refractivity contribution < 1.29 is 14.0 Å². The number of amides is 3. The Balaban J connectivity index is 1.80. The second-order valence-corrected chi connectivity index (χ2v) is 6.12. The van der Waals surface area contributed by atoms with Crippen molar-refractivity contribution in [3.8, 4) is 0 Å². The molecule has 1 heterocycles. The van der Waals surface area contributed by atoms with E-state index in [0.29, 0.717) is 5.56 Å². The van der Waals surface area contributed by atoms with Crippen LogP contribution in [0.2, 0.25) is 0 Å². The Morgan fingerprint density at radius 2 is 1.83 bits per heavy atom. The van der Waals surface area contributed by atoms with Gasteiger partial charge in [-0.15, -0.1) is 11.8 Å². The van der Waals surface area contributed by atoms with Crippen LogP contribution in [-0.4, -0.2) is 23.1 Å². The van der Waals surface area contributed by atoms with E-state index in [-0.39, 0.29) is 12.2 Å². The van der Waals surface area contributed by atoms with Gasteiger partial charge in [-0.2, -0.15) is 0 Å². The summed E-state index contributed by atoms with van der Waals surface area (Å²) in [6, 6.07) is 13.2. The normalized spacial score (nSPS) is 15.9. The predicted molar refractivity (Wildman–Crippen MR) is 91.7 cm³/mol. The number of thioether (sulfide) groups is 1. The smallest absolute Gasteiger partial charge is 0.303 e. The fraction of sp³-hybridized carbons (Fsp3) is 0.111. The van der Waals surface area contributed by atoms with Gasteiger partial charge < -0.3 is 5.32 Å². The van der Waals surface area contributed by atoms with Crippen LogP contribution in [0, 0.1) is 5.82 Å². The molecule has 1 saturated heterocycles. The third-order valence-electron chi connectivity index (χ3n) is 3.68. The average Bonchev–Trinajstić information content (AvgIpc) is 2.85. The Labute approximate surface area is 143 Å². The highest BCUT2D eigenvalue weighted by Gasteiger charge is 2.33. The summed E-state index contributed by atoms with van der Waals surface area (Å²) in [5.74, 6) is -0.902. The lowest BCUT2D eigenvalue weighted by Crippen LogP contribution is -2.30. The number of benzene rings is 2. The first-order valence-electron chi connectivity index (χ1n) is 7.30. The van der Waals surface area contributed by atoms with E-state index in [2.05, 4.69) is 5.32 Å². The van der Waals surface area contributed by atoms with Gasteiger partial charge in [0, 0.05) is 10.5 Å². The van der Waals surface area contributed by atoms with Gasteiger partial charge in [0.2, 0.25) is 0 Å². The van der Waals surface area contributed by atoms with Gasteiger partial charge in [0.05, 0.1) is 6.54 Å². The first kappa shape index (κ1) is 16.3.